The molecule has 8 nitrogen and oxygen atoms in total. The van der Waals surface area contributed by atoms with E-state index in [0.29, 0.717) is 36.2 Å². The fourth-order valence-corrected chi connectivity index (χ4v) is 6.99. The quantitative estimate of drug-likeness (QED) is 0.277. The summed E-state index contributed by atoms with van der Waals surface area (Å²) in [5.74, 6) is 1.26. The number of carbonyl (C=O) groups is 1. The van der Waals surface area contributed by atoms with Gasteiger partial charge in [-0.3, -0.25) is 4.79 Å². The van der Waals surface area contributed by atoms with Crippen LogP contribution in [-0.2, 0) is 27.1 Å². The molecule has 0 bridgehead atoms. The lowest BCUT2D eigenvalue weighted by atomic mass is 10.3. The number of nitrogens with one attached hydrogen (secondary N) is 1. The van der Waals surface area contributed by atoms with Gasteiger partial charge in [0.05, 0.1) is 15.9 Å². The largest absolute Gasteiger partial charge is 0.325 e. The van der Waals surface area contributed by atoms with Crippen LogP contribution in [0.25, 0.3) is 0 Å². The Balaban J connectivity index is 1.38. The van der Waals surface area contributed by atoms with Crippen LogP contribution in [0.15, 0.2) is 82.2 Å². The lowest BCUT2D eigenvalue weighted by molar-refractivity contribution is -0.115. The molecule has 4 rings (SSSR count). The first-order chi connectivity index (χ1) is 17.4. The highest BCUT2D eigenvalue weighted by Gasteiger charge is 2.27. The minimum absolute atomic E-state index is 0.205. The fraction of sp³-hybridized carbons (Fsp3) is 0.320. The maximum absolute atomic E-state index is 12.9. The van der Waals surface area contributed by atoms with E-state index in [4.69, 9.17) is 0 Å². The molecule has 0 radical (unpaired) electrons. The van der Waals surface area contributed by atoms with E-state index in [0.717, 1.165) is 23.6 Å². The highest BCUT2D eigenvalue weighted by molar-refractivity contribution is 8.00. The van der Waals surface area contributed by atoms with E-state index >= 15 is 0 Å². The van der Waals surface area contributed by atoms with E-state index in [1.54, 1.807) is 49.0 Å². The van der Waals surface area contributed by atoms with Crippen molar-refractivity contribution in [1.82, 2.24) is 19.1 Å². The normalized spacial score (nSPS) is 15.0. The SMILES string of the molecule is C=CCn1c(CSc2ccccc2)nnc1SC(C)C(=O)Nc1ccc(S(=O)(=O)N2CCCC2)cc1. The molecule has 1 saturated heterocycles. The number of allylic oxidation sites excluding steroid dienone is 1. The van der Waals surface area contributed by atoms with Crippen LogP contribution in [0.3, 0.4) is 0 Å². The number of benzene rings is 2. The second-order valence-electron chi connectivity index (χ2n) is 8.28. The van der Waals surface area contributed by atoms with E-state index in [1.807, 2.05) is 22.8 Å². The highest BCUT2D eigenvalue weighted by atomic mass is 32.2. The van der Waals surface area contributed by atoms with Gasteiger partial charge in [-0.25, -0.2) is 8.42 Å². The predicted octanol–water partition coefficient (Wildman–Crippen LogP) is 4.66. The number of thioether (sulfide) groups is 2. The molecule has 1 aromatic heterocycles. The minimum atomic E-state index is -3.48. The van der Waals surface area contributed by atoms with Gasteiger partial charge < -0.3 is 9.88 Å². The third kappa shape index (κ3) is 6.39. The molecule has 1 atom stereocenters. The second-order valence-corrected chi connectivity index (χ2v) is 12.6. The van der Waals surface area contributed by atoms with Crippen molar-refractivity contribution >= 4 is 45.1 Å². The number of anilines is 1. The minimum Gasteiger partial charge on any atom is -0.325 e. The maximum Gasteiger partial charge on any atom is 0.243 e. The number of sulfonamides is 1. The summed E-state index contributed by atoms with van der Waals surface area (Å²) in [6.45, 7) is 7.29. The zero-order valence-corrected chi connectivity index (χ0v) is 22.5. The third-order valence-corrected chi connectivity index (χ3v) is 9.69. The summed E-state index contributed by atoms with van der Waals surface area (Å²) < 4.78 is 28.9. The van der Waals surface area contributed by atoms with Crippen molar-refractivity contribution < 1.29 is 13.2 Å². The van der Waals surface area contributed by atoms with Crippen molar-refractivity contribution in [3.05, 3.63) is 73.1 Å². The third-order valence-electron chi connectivity index (χ3n) is 5.69. The molecule has 0 spiro atoms. The van der Waals surface area contributed by atoms with Gasteiger partial charge in [0, 0.05) is 30.2 Å². The topological polar surface area (TPSA) is 97.2 Å². The van der Waals surface area contributed by atoms with Crippen LogP contribution in [0.4, 0.5) is 5.69 Å². The number of amides is 1. The Labute approximate surface area is 220 Å². The number of hydrogen-bond acceptors (Lipinski definition) is 7. The number of aromatic nitrogens is 3. The van der Waals surface area contributed by atoms with Crippen LogP contribution in [0, 0.1) is 0 Å². The summed E-state index contributed by atoms with van der Waals surface area (Å²) in [5.41, 5.74) is 0.542. The Hall–Kier alpha value is -2.60. The van der Waals surface area contributed by atoms with Crippen LogP contribution < -0.4 is 5.32 Å². The molecule has 2 aromatic carbocycles. The number of rotatable bonds is 11. The smallest absolute Gasteiger partial charge is 0.243 e. The summed E-state index contributed by atoms with van der Waals surface area (Å²) in [5, 5.41) is 11.7. The van der Waals surface area contributed by atoms with Crippen molar-refractivity contribution in [3.63, 3.8) is 0 Å². The zero-order chi connectivity index (χ0) is 25.5. The molecule has 1 fully saturated rings. The Kier molecular flexibility index (Phi) is 8.89. The van der Waals surface area contributed by atoms with E-state index in [2.05, 4.69) is 34.2 Å². The lowest BCUT2D eigenvalue weighted by Gasteiger charge is -2.16. The summed E-state index contributed by atoms with van der Waals surface area (Å²) in [4.78, 5) is 14.2. The lowest BCUT2D eigenvalue weighted by Crippen LogP contribution is -2.27. The van der Waals surface area contributed by atoms with Crippen molar-refractivity contribution in [1.29, 1.82) is 0 Å². The number of nitrogens with zero attached hydrogens (tertiary/aromatic N) is 4. The van der Waals surface area contributed by atoms with Gasteiger partial charge in [0.1, 0.15) is 5.82 Å². The Morgan fingerprint density at radius 2 is 1.81 bits per heavy atom. The van der Waals surface area contributed by atoms with Crippen LogP contribution >= 0.6 is 23.5 Å². The average Bonchev–Trinajstić information content (AvgIpc) is 3.56. The Bertz CT molecular complexity index is 1290. The van der Waals surface area contributed by atoms with E-state index in [-0.39, 0.29) is 10.8 Å². The second kappa shape index (κ2) is 12.1. The van der Waals surface area contributed by atoms with Gasteiger partial charge in [-0.1, -0.05) is 36.0 Å². The first-order valence-corrected chi connectivity index (χ1v) is 15.0. The fourth-order valence-electron chi connectivity index (χ4n) is 3.73. The zero-order valence-electron chi connectivity index (χ0n) is 20.0. The van der Waals surface area contributed by atoms with Crippen molar-refractivity contribution in [2.24, 2.45) is 0 Å². The summed E-state index contributed by atoms with van der Waals surface area (Å²) in [7, 11) is -3.48. The molecule has 1 unspecified atom stereocenters. The van der Waals surface area contributed by atoms with Gasteiger partial charge in [0.15, 0.2) is 5.16 Å². The molecule has 0 saturated carbocycles. The molecule has 1 amide bonds. The van der Waals surface area contributed by atoms with E-state index in [1.165, 1.54) is 16.1 Å². The molecule has 3 aromatic rings. The summed E-state index contributed by atoms with van der Waals surface area (Å²) >= 11 is 2.99. The van der Waals surface area contributed by atoms with Crippen LogP contribution in [0.2, 0.25) is 0 Å². The van der Waals surface area contributed by atoms with Gasteiger partial charge in [-0.05, 0) is 56.2 Å². The van der Waals surface area contributed by atoms with E-state index in [9.17, 15) is 13.2 Å². The molecule has 190 valence electrons. The van der Waals surface area contributed by atoms with Gasteiger partial charge in [-0.2, -0.15) is 4.31 Å². The monoisotopic (exact) mass is 543 g/mol. The van der Waals surface area contributed by atoms with Crippen LogP contribution in [0.5, 0.6) is 0 Å². The van der Waals surface area contributed by atoms with Crippen molar-refractivity contribution in [2.75, 3.05) is 18.4 Å². The van der Waals surface area contributed by atoms with Gasteiger partial charge >= 0.3 is 0 Å². The first-order valence-electron chi connectivity index (χ1n) is 11.7. The molecule has 2 heterocycles. The van der Waals surface area contributed by atoms with Crippen molar-refractivity contribution in [2.45, 2.75) is 52.3 Å². The number of hydrogen-bond donors (Lipinski definition) is 1. The average molecular weight is 544 g/mol. The number of carbonyl (C=O) groups excluding carboxylic acids is 1. The molecular formula is C25H29N5O3S3. The Morgan fingerprint density at radius 1 is 1.11 bits per heavy atom. The first kappa shape index (κ1) is 26.5. The highest BCUT2D eigenvalue weighted by Crippen LogP contribution is 2.28. The Morgan fingerprint density at radius 3 is 2.47 bits per heavy atom. The molecule has 0 aliphatic carbocycles. The van der Waals surface area contributed by atoms with Gasteiger partial charge in [-0.15, -0.1) is 28.5 Å². The van der Waals surface area contributed by atoms with E-state index < -0.39 is 15.3 Å². The maximum atomic E-state index is 12.9. The molecular weight excluding hydrogens is 515 g/mol. The summed E-state index contributed by atoms with van der Waals surface area (Å²) in [6, 6.07) is 16.4. The van der Waals surface area contributed by atoms with Crippen molar-refractivity contribution in [3.8, 4) is 0 Å². The van der Waals surface area contributed by atoms with Crippen LogP contribution in [-0.4, -0.2) is 51.7 Å². The molecule has 36 heavy (non-hydrogen) atoms. The van der Waals surface area contributed by atoms with Gasteiger partial charge in [0.25, 0.3) is 0 Å². The van der Waals surface area contributed by atoms with Crippen LogP contribution in [0.1, 0.15) is 25.6 Å². The summed E-state index contributed by atoms with van der Waals surface area (Å²) in [6.07, 6.45) is 3.56. The molecule has 1 aliphatic heterocycles. The molecule has 1 N–H and O–H groups in total. The molecule has 11 heteroatoms. The standard InChI is InChI=1S/C25H29N5O3S3/c1-3-15-30-23(18-34-21-9-5-4-6-10-21)27-28-25(30)35-19(2)24(31)26-20-11-13-22(14-12-20)36(32,33)29-16-7-8-17-29/h3-6,9-14,19H,1,7-8,15-18H2,2H3,(H,26,31). The molecule has 1 aliphatic rings. The van der Waals surface area contributed by atoms with Gasteiger partial charge in [0.2, 0.25) is 15.9 Å². The predicted molar refractivity (Wildman–Crippen MR) is 145 cm³/mol.